The van der Waals surface area contributed by atoms with Gasteiger partial charge in [-0.1, -0.05) is 6.07 Å². The number of hydrogen-bond donors (Lipinski definition) is 3. The average molecular weight is 349 g/mol. The molecule has 4 aromatic rings. The fourth-order valence-electron chi connectivity index (χ4n) is 2.95. The van der Waals surface area contributed by atoms with Crippen LogP contribution in [0.2, 0.25) is 0 Å². The SMILES string of the molecule is O=C(NCCn1c(=O)[nH]c2ncccc2c1=O)c1cccc2[nH]ccc12. The van der Waals surface area contributed by atoms with E-state index in [1.807, 2.05) is 12.1 Å². The summed E-state index contributed by atoms with van der Waals surface area (Å²) in [7, 11) is 0. The van der Waals surface area contributed by atoms with Crippen LogP contribution in [-0.2, 0) is 6.54 Å². The summed E-state index contributed by atoms with van der Waals surface area (Å²) in [6, 6.07) is 10.5. The van der Waals surface area contributed by atoms with Crippen molar-refractivity contribution in [2.24, 2.45) is 0 Å². The zero-order valence-electron chi connectivity index (χ0n) is 13.7. The van der Waals surface area contributed by atoms with Crippen LogP contribution in [0.3, 0.4) is 0 Å². The van der Waals surface area contributed by atoms with E-state index in [2.05, 4.69) is 20.3 Å². The van der Waals surface area contributed by atoms with Gasteiger partial charge in [-0.2, -0.15) is 0 Å². The summed E-state index contributed by atoms with van der Waals surface area (Å²) >= 11 is 0. The highest BCUT2D eigenvalue weighted by molar-refractivity contribution is 6.06. The summed E-state index contributed by atoms with van der Waals surface area (Å²) in [4.78, 5) is 46.5. The van der Waals surface area contributed by atoms with Gasteiger partial charge in [-0.25, -0.2) is 9.78 Å². The molecule has 1 aromatic carbocycles. The van der Waals surface area contributed by atoms with E-state index in [0.717, 1.165) is 15.5 Å². The third kappa shape index (κ3) is 2.67. The third-order valence-corrected chi connectivity index (χ3v) is 4.21. The Morgan fingerprint density at radius 2 is 2.00 bits per heavy atom. The van der Waals surface area contributed by atoms with Gasteiger partial charge in [0.1, 0.15) is 5.65 Å². The van der Waals surface area contributed by atoms with Crippen molar-refractivity contribution in [1.82, 2.24) is 24.8 Å². The van der Waals surface area contributed by atoms with Gasteiger partial charge in [-0.3, -0.25) is 19.1 Å². The molecule has 3 heterocycles. The van der Waals surface area contributed by atoms with Crippen LogP contribution in [0.5, 0.6) is 0 Å². The quantitative estimate of drug-likeness (QED) is 0.510. The minimum absolute atomic E-state index is 0.0633. The fraction of sp³-hybridized carbons (Fsp3) is 0.111. The first kappa shape index (κ1) is 15.8. The zero-order chi connectivity index (χ0) is 18.1. The van der Waals surface area contributed by atoms with Gasteiger partial charge in [0.25, 0.3) is 11.5 Å². The molecule has 0 atom stereocenters. The van der Waals surface area contributed by atoms with Crippen molar-refractivity contribution in [2.45, 2.75) is 6.54 Å². The van der Waals surface area contributed by atoms with Gasteiger partial charge >= 0.3 is 5.69 Å². The van der Waals surface area contributed by atoms with Gasteiger partial charge in [0.2, 0.25) is 0 Å². The number of pyridine rings is 1. The first-order chi connectivity index (χ1) is 12.6. The molecule has 0 radical (unpaired) electrons. The minimum atomic E-state index is -0.553. The van der Waals surface area contributed by atoms with Gasteiger partial charge in [0.05, 0.1) is 5.39 Å². The Balaban J connectivity index is 1.54. The van der Waals surface area contributed by atoms with E-state index >= 15 is 0 Å². The van der Waals surface area contributed by atoms with E-state index in [0.29, 0.717) is 10.9 Å². The molecule has 3 aromatic heterocycles. The van der Waals surface area contributed by atoms with Crippen LogP contribution in [0.15, 0.2) is 58.4 Å². The molecule has 130 valence electrons. The van der Waals surface area contributed by atoms with Crippen molar-refractivity contribution in [3.05, 3.63) is 75.2 Å². The molecule has 8 nitrogen and oxygen atoms in total. The Hall–Kier alpha value is -3.68. The molecule has 0 unspecified atom stereocenters. The molecule has 0 spiro atoms. The lowest BCUT2D eigenvalue weighted by atomic mass is 10.1. The second kappa shape index (κ2) is 6.32. The Bertz CT molecular complexity index is 1230. The van der Waals surface area contributed by atoms with Gasteiger partial charge in [0.15, 0.2) is 0 Å². The van der Waals surface area contributed by atoms with E-state index in [1.165, 1.54) is 6.20 Å². The van der Waals surface area contributed by atoms with Crippen molar-refractivity contribution in [3.63, 3.8) is 0 Å². The van der Waals surface area contributed by atoms with Crippen LogP contribution in [0.4, 0.5) is 0 Å². The number of hydrogen-bond acceptors (Lipinski definition) is 4. The van der Waals surface area contributed by atoms with Crippen molar-refractivity contribution < 1.29 is 4.79 Å². The van der Waals surface area contributed by atoms with E-state index in [9.17, 15) is 14.4 Å². The molecule has 1 amide bonds. The summed E-state index contributed by atoms with van der Waals surface area (Å²) in [5.74, 6) is -0.262. The summed E-state index contributed by atoms with van der Waals surface area (Å²) in [6.45, 7) is 0.211. The molecular formula is C18H15N5O3. The summed E-state index contributed by atoms with van der Waals surface area (Å²) < 4.78 is 1.06. The monoisotopic (exact) mass is 349 g/mol. The van der Waals surface area contributed by atoms with Gasteiger partial charge < -0.3 is 10.3 Å². The molecule has 8 heteroatoms. The predicted molar refractivity (Wildman–Crippen MR) is 97.3 cm³/mol. The maximum Gasteiger partial charge on any atom is 0.330 e. The first-order valence-corrected chi connectivity index (χ1v) is 8.07. The molecule has 26 heavy (non-hydrogen) atoms. The standard InChI is InChI=1S/C18H15N5O3/c24-16(12-3-1-5-14-11(12)6-8-19-14)21-9-10-23-17(25)13-4-2-7-20-15(13)22-18(23)26/h1-8,19H,9-10H2,(H,21,24)(H,20,22,26). The lowest BCUT2D eigenvalue weighted by Crippen LogP contribution is -2.39. The number of aromatic amines is 2. The Morgan fingerprint density at radius 1 is 1.12 bits per heavy atom. The van der Waals surface area contributed by atoms with E-state index in [-0.39, 0.29) is 24.6 Å². The normalized spacial score (nSPS) is 11.1. The lowest BCUT2D eigenvalue weighted by Gasteiger charge is -2.08. The molecule has 0 aliphatic carbocycles. The molecule has 0 saturated heterocycles. The fourth-order valence-corrected chi connectivity index (χ4v) is 2.95. The number of rotatable bonds is 4. The highest BCUT2D eigenvalue weighted by Crippen LogP contribution is 2.16. The second-order valence-corrected chi connectivity index (χ2v) is 5.79. The molecule has 3 N–H and O–H groups in total. The highest BCUT2D eigenvalue weighted by Gasteiger charge is 2.11. The van der Waals surface area contributed by atoms with E-state index in [1.54, 1.807) is 30.5 Å². The van der Waals surface area contributed by atoms with Crippen LogP contribution < -0.4 is 16.6 Å². The minimum Gasteiger partial charge on any atom is -0.361 e. The number of H-pyrrole nitrogens is 2. The Morgan fingerprint density at radius 3 is 2.88 bits per heavy atom. The number of nitrogens with one attached hydrogen (secondary N) is 3. The average Bonchev–Trinajstić information content (AvgIpc) is 3.13. The van der Waals surface area contributed by atoms with Gasteiger partial charge in [0, 0.05) is 41.9 Å². The summed E-state index contributed by atoms with van der Waals surface area (Å²) in [6.07, 6.45) is 3.27. The van der Waals surface area contributed by atoms with Crippen LogP contribution >= 0.6 is 0 Å². The lowest BCUT2D eigenvalue weighted by molar-refractivity contribution is 0.0953. The van der Waals surface area contributed by atoms with Crippen molar-refractivity contribution in [2.75, 3.05) is 6.54 Å². The van der Waals surface area contributed by atoms with Crippen LogP contribution in [0.25, 0.3) is 21.9 Å². The maximum absolute atomic E-state index is 12.4. The van der Waals surface area contributed by atoms with Crippen LogP contribution in [-0.4, -0.2) is 32.0 Å². The van der Waals surface area contributed by atoms with Gasteiger partial charge in [-0.05, 0) is 30.3 Å². The van der Waals surface area contributed by atoms with E-state index in [4.69, 9.17) is 0 Å². The maximum atomic E-state index is 12.4. The summed E-state index contributed by atoms with van der Waals surface area (Å²) in [5, 5.41) is 3.90. The largest absolute Gasteiger partial charge is 0.361 e. The zero-order valence-corrected chi connectivity index (χ0v) is 13.7. The second-order valence-electron chi connectivity index (χ2n) is 5.79. The molecule has 4 rings (SSSR count). The molecule has 0 aliphatic heterocycles. The number of nitrogens with zero attached hydrogens (tertiary/aromatic N) is 2. The molecule has 0 fully saturated rings. The Labute approximate surface area is 146 Å². The smallest absolute Gasteiger partial charge is 0.330 e. The highest BCUT2D eigenvalue weighted by atomic mass is 16.2. The third-order valence-electron chi connectivity index (χ3n) is 4.21. The number of carbonyl (C=O) groups excluding carboxylic acids is 1. The number of benzene rings is 1. The Kier molecular flexibility index (Phi) is 3.85. The molecule has 0 bridgehead atoms. The van der Waals surface area contributed by atoms with E-state index < -0.39 is 11.2 Å². The first-order valence-electron chi connectivity index (χ1n) is 8.07. The number of carbonyl (C=O) groups is 1. The number of fused-ring (bicyclic) bond motifs is 2. The molecular weight excluding hydrogens is 334 g/mol. The van der Waals surface area contributed by atoms with Crippen molar-refractivity contribution in [3.8, 4) is 0 Å². The number of aromatic nitrogens is 4. The van der Waals surface area contributed by atoms with Crippen molar-refractivity contribution in [1.29, 1.82) is 0 Å². The molecule has 0 saturated carbocycles. The van der Waals surface area contributed by atoms with Gasteiger partial charge in [-0.15, -0.1) is 0 Å². The number of amides is 1. The van der Waals surface area contributed by atoms with Crippen LogP contribution in [0.1, 0.15) is 10.4 Å². The molecule has 0 aliphatic rings. The topological polar surface area (TPSA) is 113 Å². The predicted octanol–water partition coefficient (Wildman–Crippen LogP) is 0.996. The van der Waals surface area contributed by atoms with Crippen LogP contribution in [0, 0.1) is 0 Å². The van der Waals surface area contributed by atoms with Crippen molar-refractivity contribution >= 4 is 27.8 Å². The summed E-state index contributed by atoms with van der Waals surface area (Å²) in [5.41, 5.74) is 0.670.